The van der Waals surface area contributed by atoms with Crippen molar-refractivity contribution in [3.63, 3.8) is 0 Å². The van der Waals surface area contributed by atoms with E-state index in [1.54, 1.807) is 6.20 Å². The van der Waals surface area contributed by atoms with Crippen molar-refractivity contribution >= 4 is 33.5 Å². The SMILES string of the molecule is CC(C)(C)c1nnc(NCc2sncc2Br)o1. The fraction of sp³-hybridized carbons (Fsp3) is 0.500. The number of nitrogens with one attached hydrogen (secondary N) is 1. The van der Waals surface area contributed by atoms with Gasteiger partial charge in [-0.15, -0.1) is 5.10 Å². The van der Waals surface area contributed by atoms with Crippen LogP contribution in [-0.4, -0.2) is 14.6 Å². The summed E-state index contributed by atoms with van der Waals surface area (Å²) in [5.41, 5.74) is -0.127. The van der Waals surface area contributed by atoms with Gasteiger partial charge in [0, 0.05) is 5.41 Å². The van der Waals surface area contributed by atoms with Crippen molar-refractivity contribution < 1.29 is 4.42 Å². The Bertz CT molecular complexity index is 502. The third-order valence-electron chi connectivity index (χ3n) is 2.06. The van der Waals surface area contributed by atoms with Gasteiger partial charge >= 0.3 is 6.01 Å². The summed E-state index contributed by atoms with van der Waals surface area (Å²) in [5.74, 6) is 0.628. The lowest BCUT2D eigenvalue weighted by Gasteiger charge is -2.10. The van der Waals surface area contributed by atoms with E-state index in [-0.39, 0.29) is 5.41 Å². The predicted molar refractivity (Wildman–Crippen MR) is 70.1 cm³/mol. The van der Waals surface area contributed by atoms with Crippen LogP contribution in [0.4, 0.5) is 6.01 Å². The van der Waals surface area contributed by atoms with Crippen LogP contribution in [0, 0.1) is 0 Å². The molecule has 0 aliphatic heterocycles. The maximum Gasteiger partial charge on any atom is 0.315 e. The molecule has 7 heteroatoms. The van der Waals surface area contributed by atoms with Crippen LogP contribution < -0.4 is 5.32 Å². The Morgan fingerprint density at radius 1 is 1.41 bits per heavy atom. The van der Waals surface area contributed by atoms with Gasteiger partial charge in [0.25, 0.3) is 0 Å². The van der Waals surface area contributed by atoms with Crippen LogP contribution in [0.25, 0.3) is 0 Å². The first kappa shape index (κ1) is 12.5. The van der Waals surface area contributed by atoms with Crippen LogP contribution in [0.15, 0.2) is 15.1 Å². The molecule has 92 valence electrons. The van der Waals surface area contributed by atoms with Gasteiger partial charge in [-0.05, 0) is 27.5 Å². The summed E-state index contributed by atoms with van der Waals surface area (Å²) in [6, 6.07) is 0.440. The molecule has 1 N–H and O–H groups in total. The van der Waals surface area contributed by atoms with Crippen LogP contribution in [-0.2, 0) is 12.0 Å². The lowest BCUT2D eigenvalue weighted by molar-refractivity contribution is 0.399. The average molecular weight is 317 g/mol. The molecule has 2 aromatic rings. The zero-order valence-electron chi connectivity index (χ0n) is 9.82. The topological polar surface area (TPSA) is 63.8 Å². The first-order valence-electron chi connectivity index (χ1n) is 5.14. The van der Waals surface area contributed by atoms with Gasteiger partial charge in [0.15, 0.2) is 0 Å². The number of nitrogens with zero attached hydrogens (tertiary/aromatic N) is 3. The van der Waals surface area contributed by atoms with Crippen molar-refractivity contribution in [1.82, 2.24) is 14.6 Å². The van der Waals surface area contributed by atoms with Crippen molar-refractivity contribution in [2.75, 3.05) is 5.32 Å². The smallest absolute Gasteiger partial charge is 0.315 e. The van der Waals surface area contributed by atoms with E-state index < -0.39 is 0 Å². The molecule has 0 aliphatic rings. The highest BCUT2D eigenvalue weighted by Gasteiger charge is 2.21. The van der Waals surface area contributed by atoms with E-state index in [2.05, 4.69) is 35.8 Å². The summed E-state index contributed by atoms with van der Waals surface area (Å²) < 4.78 is 10.6. The van der Waals surface area contributed by atoms with Crippen LogP contribution in [0.1, 0.15) is 31.5 Å². The number of hydrogen-bond donors (Lipinski definition) is 1. The van der Waals surface area contributed by atoms with Crippen LogP contribution >= 0.6 is 27.5 Å². The number of aromatic nitrogens is 3. The minimum Gasteiger partial charge on any atom is -0.408 e. The van der Waals surface area contributed by atoms with Gasteiger partial charge in [-0.25, -0.2) is 0 Å². The molecule has 0 aromatic carbocycles. The molecule has 0 spiro atoms. The molecule has 2 heterocycles. The fourth-order valence-corrected chi connectivity index (χ4v) is 2.28. The van der Waals surface area contributed by atoms with Crippen molar-refractivity contribution in [2.24, 2.45) is 0 Å². The first-order chi connectivity index (χ1) is 7.97. The summed E-state index contributed by atoms with van der Waals surface area (Å²) in [4.78, 5) is 1.10. The molecule has 0 fully saturated rings. The maximum absolute atomic E-state index is 5.52. The Morgan fingerprint density at radius 3 is 2.71 bits per heavy atom. The molecule has 0 bridgehead atoms. The van der Waals surface area contributed by atoms with E-state index in [0.717, 1.165) is 9.35 Å². The second kappa shape index (κ2) is 4.73. The first-order valence-corrected chi connectivity index (χ1v) is 6.70. The van der Waals surface area contributed by atoms with Gasteiger partial charge < -0.3 is 9.73 Å². The minimum atomic E-state index is -0.127. The molecular weight excluding hydrogens is 304 g/mol. The highest BCUT2D eigenvalue weighted by molar-refractivity contribution is 9.10. The molecule has 2 rings (SSSR count). The molecule has 2 aromatic heterocycles. The van der Waals surface area contributed by atoms with Crippen LogP contribution in [0.2, 0.25) is 0 Å². The van der Waals surface area contributed by atoms with Gasteiger partial charge in [0.1, 0.15) is 0 Å². The monoisotopic (exact) mass is 316 g/mol. The highest BCUT2D eigenvalue weighted by Crippen LogP contribution is 2.24. The molecule has 0 amide bonds. The zero-order chi connectivity index (χ0) is 12.5. The molecule has 0 unspecified atom stereocenters. The Hall–Kier alpha value is -0.950. The summed E-state index contributed by atoms with van der Waals surface area (Å²) in [6.45, 7) is 6.72. The quantitative estimate of drug-likeness (QED) is 0.942. The molecule has 0 saturated heterocycles. The second-order valence-electron chi connectivity index (χ2n) is 4.61. The van der Waals surface area contributed by atoms with Crippen LogP contribution in [0.5, 0.6) is 0 Å². The van der Waals surface area contributed by atoms with E-state index >= 15 is 0 Å². The lowest BCUT2D eigenvalue weighted by atomic mass is 9.97. The van der Waals surface area contributed by atoms with Gasteiger partial charge in [-0.1, -0.05) is 25.9 Å². The third-order valence-corrected chi connectivity index (χ3v) is 3.80. The largest absolute Gasteiger partial charge is 0.408 e. The molecule has 17 heavy (non-hydrogen) atoms. The number of rotatable bonds is 3. The van der Waals surface area contributed by atoms with Crippen LogP contribution in [0.3, 0.4) is 0 Å². The van der Waals surface area contributed by atoms with E-state index in [9.17, 15) is 0 Å². The van der Waals surface area contributed by atoms with E-state index in [4.69, 9.17) is 4.42 Å². The standard InChI is InChI=1S/C10H13BrN4OS/c1-10(2,3)8-14-15-9(16-8)12-5-7-6(11)4-13-17-7/h4H,5H2,1-3H3,(H,12,15). The minimum absolute atomic E-state index is 0.127. The Morgan fingerprint density at radius 2 is 2.18 bits per heavy atom. The second-order valence-corrected chi connectivity index (χ2v) is 6.35. The molecule has 0 atom stereocenters. The molecule has 0 radical (unpaired) electrons. The number of halogens is 1. The Labute approximate surface area is 112 Å². The summed E-state index contributed by atoms with van der Waals surface area (Å²) >= 11 is 4.85. The van der Waals surface area contributed by atoms with Gasteiger partial charge in [-0.2, -0.15) is 4.37 Å². The highest BCUT2D eigenvalue weighted by atomic mass is 79.9. The van der Waals surface area contributed by atoms with Gasteiger partial charge in [-0.3, -0.25) is 0 Å². The normalized spacial score (nSPS) is 11.8. The van der Waals surface area contributed by atoms with Gasteiger partial charge in [0.2, 0.25) is 5.89 Å². The number of anilines is 1. The average Bonchev–Trinajstić information content (AvgIpc) is 2.82. The van der Waals surface area contributed by atoms with E-state index in [0.29, 0.717) is 18.5 Å². The summed E-state index contributed by atoms with van der Waals surface area (Å²) in [6.07, 6.45) is 1.77. The zero-order valence-corrected chi connectivity index (χ0v) is 12.2. The summed E-state index contributed by atoms with van der Waals surface area (Å²) in [7, 11) is 0. The Balaban J connectivity index is 2.01. The molecular formula is C10H13BrN4OS. The maximum atomic E-state index is 5.52. The number of hydrogen-bond acceptors (Lipinski definition) is 6. The lowest BCUT2D eigenvalue weighted by Crippen LogP contribution is -2.11. The van der Waals surface area contributed by atoms with Crippen molar-refractivity contribution in [2.45, 2.75) is 32.7 Å². The predicted octanol–water partition coefficient (Wildman–Crippen LogP) is 3.20. The Kier molecular flexibility index (Phi) is 3.48. The molecule has 0 aliphatic carbocycles. The molecule has 5 nitrogen and oxygen atoms in total. The van der Waals surface area contributed by atoms with E-state index in [1.165, 1.54) is 11.5 Å². The third kappa shape index (κ3) is 3.04. The summed E-state index contributed by atoms with van der Waals surface area (Å²) in [5, 5.41) is 11.0. The van der Waals surface area contributed by atoms with Crippen molar-refractivity contribution in [1.29, 1.82) is 0 Å². The van der Waals surface area contributed by atoms with Crippen molar-refractivity contribution in [3.05, 3.63) is 21.4 Å². The van der Waals surface area contributed by atoms with Gasteiger partial charge in [0.05, 0.1) is 22.1 Å². The fourth-order valence-electron chi connectivity index (χ4n) is 1.12. The van der Waals surface area contributed by atoms with E-state index in [1.807, 2.05) is 20.8 Å². The molecule has 0 saturated carbocycles. The van der Waals surface area contributed by atoms with Crippen molar-refractivity contribution in [3.8, 4) is 0 Å².